The van der Waals surface area contributed by atoms with Crippen LogP contribution in [0.2, 0.25) is 0 Å². The molecule has 2 N–H and O–H groups in total. The molecule has 1 aliphatic carbocycles. The Kier molecular flexibility index (Phi) is 4.88. The first-order chi connectivity index (χ1) is 12.0. The van der Waals surface area contributed by atoms with Crippen LogP contribution in [-0.2, 0) is 17.6 Å². The third kappa shape index (κ3) is 3.73. The zero-order valence-corrected chi connectivity index (χ0v) is 14.8. The van der Waals surface area contributed by atoms with Crippen LogP contribution in [-0.4, -0.2) is 23.0 Å². The molecule has 132 valence electrons. The van der Waals surface area contributed by atoms with E-state index in [0.29, 0.717) is 17.1 Å². The molecule has 0 saturated carbocycles. The van der Waals surface area contributed by atoms with E-state index >= 15 is 0 Å². The largest absolute Gasteiger partial charge is 0.497 e. The van der Waals surface area contributed by atoms with Gasteiger partial charge in [0.1, 0.15) is 11.6 Å². The van der Waals surface area contributed by atoms with Crippen LogP contribution in [0, 0.1) is 13.8 Å². The van der Waals surface area contributed by atoms with Gasteiger partial charge in [-0.1, -0.05) is 6.07 Å². The molecule has 1 amide bonds. The number of carbonyl (C=O) groups excluding carboxylic acids is 1. The summed E-state index contributed by atoms with van der Waals surface area (Å²) in [5, 5.41) is 3.07. The fraction of sp³-hybridized carbons (Fsp3) is 0.421. The van der Waals surface area contributed by atoms with E-state index in [1.165, 1.54) is 5.56 Å². The molecule has 0 aliphatic heterocycles. The summed E-state index contributed by atoms with van der Waals surface area (Å²) < 4.78 is 5.28. The first-order valence-electron chi connectivity index (χ1n) is 8.50. The summed E-state index contributed by atoms with van der Waals surface area (Å²) in [6.45, 7) is 3.48. The Balaban J connectivity index is 1.76. The van der Waals surface area contributed by atoms with Crippen molar-refractivity contribution >= 4 is 5.91 Å². The monoisotopic (exact) mass is 341 g/mol. The van der Waals surface area contributed by atoms with Gasteiger partial charge in [0.2, 0.25) is 5.91 Å². The van der Waals surface area contributed by atoms with Crippen molar-refractivity contribution in [1.82, 2.24) is 15.3 Å². The summed E-state index contributed by atoms with van der Waals surface area (Å²) in [6, 6.07) is 5.94. The number of aromatic nitrogens is 2. The number of ether oxygens (including phenoxy) is 1. The Labute approximate surface area is 146 Å². The average molecular weight is 341 g/mol. The molecule has 0 saturated heterocycles. The third-order valence-electron chi connectivity index (χ3n) is 4.68. The molecule has 1 aromatic carbocycles. The summed E-state index contributed by atoms with van der Waals surface area (Å²) in [5.74, 6) is 1.23. The molecule has 1 unspecified atom stereocenters. The summed E-state index contributed by atoms with van der Waals surface area (Å²) in [6.07, 6.45) is 2.93. The standard InChI is InChI=1S/C19H23N3O3/c1-11-16(19(24)21-12(2)20-11)10-18(23)22-17-6-4-5-13-9-14(25-3)7-8-15(13)17/h7-9,17H,4-6,10H2,1-3H3,(H,22,23)(H,20,21,24). The van der Waals surface area contributed by atoms with Gasteiger partial charge in [0.15, 0.2) is 0 Å². The highest BCUT2D eigenvalue weighted by atomic mass is 16.5. The van der Waals surface area contributed by atoms with Gasteiger partial charge < -0.3 is 15.0 Å². The SMILES string of the molecule is COc1ccc2c(c1)CCCC2NC(=O)Cc1c(C)nc(C)[nH]c1=O. The van der Waals surface area contributed by atoms with Crippen LogP contribution >= 0.6 is 0 Å². The maximum Gasteiger partial charge on any atom is 0.254 e. The van der Waals surface area contributed by atoms with Crippen molar-refractivity contribution < 1.29 is 9.53 Å². The predicted octanol–water partition coefficient (Wildman–Crippen LogP) is 2.13. The molecule has 6 heteroatoms. The first kappa shape index (κ1) is 17.2. The van der Waals surface area contributed by atoms with Gasteiger partial charge in [-0.05, 0) is 56.4 Å². The lowest BCUT2D eigenvalue weighted by Crippen LogP contribution is -2.34. The van der Waals surface area contributed by atoms with Crippen molar-refractivity contribution in [3.05, 3.63) is 56.8 Å². The predicted molar refractivity (Wildman–Crippen MR) is 94.9 cm³/mol. The molecular weight excluding hydrogens is 318 g/mol. The van der Waals surface area contributed by atoms with Crippen LogP contribution in [0.15, 0.2) is 23.0 Å². The molecule has 25 heavy (non-hydrogen) atoms. The quantitative estimate of drug-likeness (QED) is 0.892. The Morgan fingerprint density at radius 3 is 2.92 bits per heavy atom. The van der Waals surface area contributed by atoms with Gasteiger partial charge in [-0.25, -0.2) is 4.98 Å². The maximum absolute atomic E-state index is 12.5. The number of hydrogen-bond donors (Lipinski definition) is 2. The van der Waals surface area contributed by atoms with Crippen LogP contribution in [0.5, 0.6) is 5.75 Å². The van der Waals surface area contributed by atoms with Crippen molar-refractivity contribution in [1.29, 1.82) is 0 Å². The van der Waals surface area contributed by atoms with E-state index in [4.69, 9.17) is 4.74 Å². The summed E-state index contributed by atoms with van der Waals surface area (Å²) >= 11 is 0. The van der Waals surface area contributed by atoms with Gasteiger partial charge in [0, 0.05) is 11.3 Å². The molecule has 0 bridgehead atoms. The highest BCUT2D eigenvalue weighted by Gasteiger charge is 2.23. The summed E-state index contributed by atoms with van der Waals surface area (Å²) in [5.41, 5.74) is 3.13. The van der Waals surface area contributed by atoms with Gasteiger partial charge >= 0.3 is 0 Å². The smallest absolute Gasteiger partial charge is 0.254 e. The van der Waals surface area contributed by atoms with Crippen molar-refractivity contribution in [2.45, 2.75) is 45.6 Å². The topological polar surface area (TPSA) is 84.1 Å². The minimum atomic E-state index is -0.242. The Morgan fingerprint density at radius 2 is 2.20 bits per heavy atom. The van der Waals surface area contributed by atoms with Gasteiger partial charge in [-0.2, -0.15) is 0 Å². The molecule has 0 radical (unpaired) electrons. The van der Waals surface area contributed by atoms with Crippen molar-refractivity contribution in [2.24, 2.45) is 0 Å². The van der Waals surface area contributed by atoms with E-state index in [9.17, 15) is 9.59 Å². The fourth-order valence-electron chi connectivity index (χ4n) is 3.43. The van der Waals surface area contributed by atoms with Crippen LogP contribution in [0.1, 0.15) is 47.1 Å². The zero-order valence-electron chi connectivity index (χ0n) is 14.8. The second kappa shape index (κ2) is 7.09. The highest BCUT2D eigenvalue weighted by Crippen LogP contribution is 2.32. The van der Waals surface area contributed by atoms with Gasteiger partial charge in [0.25, 0.3) is 5.56 Å². The molecular formula is C19H23N3O3. The normalized spacial score (nSPS) is 16.2. The van der Waals surface area contributed by atoms with Crippen LogP contribution < -0.4 is 15.6 Å². The van der Waals surface area contributed by atoms with Gasteiger partial charge in [-0.15, -0.1) is 0 Å². The minimum absolute atomic E-state index is 0.0278. The first-order valence-corrected chi connectivity index (χ1v) is 8.50. The Morgan fingerprint density at radius 1 is 1.40 bits per heavy atom. The fourth-order valence-corrected chi connectivity index (χ4v) is 3.43. The molecule has 1 atom stereocenters. The van der Waals surface area contributed by atoms with E-state index < -0.39 is 0 Å². The minimum Gasteiger partial charge on any atom is -0.497 e. The number of hydrogen-bond acceptors (Lipinski definition) is 4. The molecule has 1 aromatic heterocycles. The number of benzene rings is 1. The molecule has 3 rings (SSSR count). The number of fused-ring (bicyclic) bond motifs is 1. The summed E-state index contributed by atoms with van der Waals surface area (Å²) in [4.78, 5) is 31.5. The van der Waals surface area contributed by atoms with Crippen molar-refractivity contribution in [2.75, 3.05) is 7.11 Å². The van der Waals surface area contributed by atoms with Gasteiger partial charge in [-0.3, -0.25) is 9.59 Å². The molecule has 1 aliphatic rings. The van der Waals surface area contributed by atoms with Crippen LogP contribution in [0.4, 0.5) is 0 Å². The second-order valence-corrected chi connectivity index (χ2v) is 6.47. The van der Waals surface area contributed by atoms with Crippen molar-refractivity contribution in [3.8, 4) is 5.75 Å². The second-order valence-electron chi connectivity index (χ2n) is 6.47. The number of carbonyl (C=O) groups is 1. The lowest BCUT2D eigenvalue weighted by molar-refractivity contribution is -0.121. The number of aryl methyl sites for hydroxylation is 3. The molecule has 6 nitrogen and oxygen atoms in total. The lowest BCUT2D eigenvalue weighted by atomic mass is 9.87. The number of aromatic amines is 1. The third-order valence-corrected chi connectivity index (χ3v) is 4.68. The lowest BCUT2D eigenvalue weighted by Gasteiger charge is -2.27. The zero-order chi connectivity index (χ0) is 18.0. The maximum atomic E-state index is 12.5. The number of nitrogens with one attached hydrogen (secondary N) is 2. The molecule has 1 heterocycles. The number of rotatable bonds is 4. The molecule has 0 spiro atoms. The van der Waals surface area contributed by atoms with Crippen LogP contribution in [0.3, 0.4) is 0 Å². The Bertz CT molecular complexity index is 857. The Hall–Kier alpha value is -2.63. The number of amides is 1. The van der Waals surface area contributed by atoms with E-state index in [1.807, 2.05) is 18.2 Å². The van der Waals surface area contributed by atoms with E-state index in [-0.39, 0.29) is 23.9 Å². The number of nitrogens with zero attached hydrogens (tertiary/aromatic N) is 1. The highest BCUT2D eigenvalue weighted by molar-refractivity contribution is 5.79. The van der Waals surface area contributed by atoms with Crippen molar-refractivity contribution in [3.63, 3.8) is 0 Å². The van der Waals surface area contributed by atoms with E-state index in [1.54, 1.807) is 21.0 Å². The molecule has 0 fully saturated rings. The number of H-pyrrole nitrogens is 1. The van der Waals surface area contributed by atoms with E-state index in [2.05, 4.69) is 15.3 Å². The van der Waals surface area contributed by atoms with E-state index in [0.717, 1.165) is 30.6 Å². The summed E-state index contributed by atoms with van der Waals surface area (Å²) in [7, 11) is 1.65. The van der Waals surface area contributed by atoms with Crippen LogP contribution in [0.25, 0.3) is 0 Å². The van der Waals surface area contributed by atoms with Gasteiger partial charge in [0.05, 0.1) is 19.6 Å². The molecule has 2 aromatic rings. The average Bonchev–Trinajstić information content (AvgIpc) is 2.58. The number of methoxy groups -OCH3 is 1.